The fraction of sp³-hybridized carbons (Fsp3) is 0.471. The van der Waals surface area contributed by atoms with E-state index in [9.17, 15) is 4.79 Å². The number of thiophene rings is 1. The molecule has 0 bridgehead atoms. The van der Waals surface area contributed by atoms with Crippen molar-refractivity contribution in [2.75, 3.05) is 32.2 Å². The SMILES string of the molecule is COC(=O)CO[C@H]1CO[C@@H]2[C@@H]1OC[C@@H]2Nc1nccc(-c2cccs2)n1. The number of carbonyl (C=O) groups excluding carboxylic acids is 1. The number of carbonyl (C=O) groups is 1. The van der Waals surface area contributed by atoms with Crippen LogP contribution in [0.1, 0.15) is 0 Å². The van der Waals surface area contributed by atoms with Crippen LogP contribution in [0.4, 0.5) is 5.95 Å². The van der Waals surface area contributed by atoms with E-state index in [0.717, 1.165) is 10.6 Å². The first-order chi connectivity index (χ1) is 12.7. The molecule has 0 radical (unpaired) electrons. The maximum Gasteiger partial charge on any atom is 0.331 e. The summed E-state index contributed by atoms with van der Waals surface area (Å²) in [7, 11) is 1.33. The molecule has 26 heavy (non-hydrogen) atoms. The smallest absolute Gasteiger partial charge is 0.331 e. The number of nitrogens with one attached hydrogen (secondary N) is 1. The van der Waals surface area contributed by atoms with Crippen LogP contribution in [0.2, 0.25) is 0 Å². The van der Waals surface area contributed by atoms with Gasteiger partial charge in [0.1, 0.15) is 24.9 Å². The molecular weight excluding hydrogens is 358 g/mol. The molecule has 138 valence electrons. The zero-order valence-corrected chi connectivity index (χ0v) is 15.0. The predicted octanol–water partition coefficient (Wildman–Crippen LogP) is 1.34. The van der Waals surface area contributed by atoms with Gasteiger partial charge in [0.15, 0.2) is 0 Å². The minimum atomic E-state index is -0.417. The van der Waals surface area contributed by atoms with Gasteiger partial charge in [-0.1, -0.05) is 6.07 Å². The zero-order valence-electron chi connectivity index (χ0n) is 14.2. The van der Waals surface area contributed by atoms with Gasteiger partial charge >= 0.3 is 5.97 Å². The highest BCUT2D eigenvalue weighted by Gasteiger charge is 2.48. The van der Waals surface area contributed by atoms with Gasteiger partial charge in [0.2, 0.25) is 5.95 Å². The minimum absolute atomic E-state index is 0.0784. The Labute approximate surface area is 154 Å². The van der Waals surface area contributed by atoms with E-state index in [0.29, 0.717) is 19.2 Å². The van der Waals surface area contributed by atoms with E-state index >= 15 is 0 Å². The normalized spacial score (nSPS) is 27.3. The lowest BCUT2D eigenvalue weighted by molar-refractivity contribution is -0.149. The molecule has 4 heterocycles. The summed E-state index contributed by atoms with van der Waals surface area (Å²) in [6.45, 7) is 0.724. The van der Waals surface area contributed by atoms with Gasteiger partial charge in [-0.25, -0.2) is 14.8 Å². The molecule has 2 aromatic heterocycles. The summed E-state index contributed by atoms with van der Waals surface area (Å²) < 4.78 is 21.8. The lowest BCUT2D eigenvalue weighted by atomic mass is 10.1. The van der Waals surface area contributed by atoms with Crippen LogP contribution in [0.15, 0.2) is 29.8 Å². The molecule has 0 aliphatic carbocycles. The van der Waals surface area contributed by atoms with E-state index in [1.807, 2.05) is 23.6 Å². The Balaban J connectivity index is 1.38. The number of hydrogen-bond acceptors (Lipinski definition) is 9. The topological polar surface area (TPSA) is 91.8 Å². The zero-order chi connectivity index (χ0) is 17.9. The maximum atomic E-state index is 11.2. The molecule has 2 fully saturated rings. The van der Waals surface area contributed by atoms with Crippen LogP contribution < -0.4 is 5.32 Å². The summed E-state index contributed by atoms with van der Waals surface area (Å²) in [5, 5.41) is 5.31. The molecule has 1 N–H and O–H groups in total. The van der Waals surface area contributed by atoms with Crippen molar-refractivity contribution in [1.29, 1.82) is 0 Å². The molecule has 2 aromatic rings. The molecule has 0 spiro atoms. The van der Waals surface area contributed by atoms with Crippen molar-refractivity contribution in [2.24, 2.45) is 0 Å². The number of anilines is 1. The number of esters is 1. The molecule has 9 heteroatoms. The molecular formula is C17H19N3O5S. The van der Waals surface area contributed by atoms with Crippen LogP contribution in [0, 0.1) is 0 Å². The van der Waals surface area contributed by atoms with Gasteiger partial charge in [-0.05, 0) is 17.5 Å². The highest BCUT2D eigenvalue weighted by Crippen LogP contribution is 2.30. The third-order valence-corrected chi connectivity index (χ3v) is 5.29. The second-order valence-electron chi connectivity index (χ2n) is 6.02. The van der Waals surface area contributed by atoms with Crippen LogP contribution in [0.25, 0.3) is 10.6 Å². The highest BCUT2D eigenvalue weighted by atomic mass is 32.1. The molecule has 2 aliphatic rings. The molecule has 8 nitrogen and oxygen atoms in total. The van der Waals surface area contributed by atoms with Crippen molar-refractivity contribution in [3.8, 4) is 10.6 Å². The molecule has 0 aromatic carbocycles. The van der Waals surface area contributed by atoms with Crippen molar-refractivity contribution in [3.05, 3.63) is 29.8 Å². The van der Waals surface area contributed by atoms with Gasteiger partial charge in [0.25, 0.3) is 0 Å². The fourth-order valence-corrected chi connectivity index (χ4v) is 3.82. The number of fused-ring (bicyclic) bond motifs is 1. The van der Waals surface area contributed by atoms with E-state index < -0.39 is 5.97 Å². The number of rotatable bonds is 6. The van der Waals surface area contributed by atoms with E-state index in [1.54, 1.807) is 17.5 Å². The summed E-state index contributed by atoms with van der Waals surface area (Å²) in [6.07, 6.45) is 1.05. The van der Waals surface area contributed by atoms with Gasteiger partial charge in [-0.2, -0.15) is 0 Å². The molecule has 0 unspecified atom stereocenters. The summed E-state index contributed by atoms with van der Waals surface area (Å²) in [4.78, 5) is 21.2. The average molecular weight is 377 g/mol. The molecule has 0 saturated carbocycles. The first kappa shape index (κ1) is 17.3. The van der Waals surface area contributed by atoms with Crippen LogP contribution in [-0.2, 0) is 23.7 Å². The number of hydrogen-bond donors (Lipinski definition) is 1. The van der Waals surface area contributed by atoms with Crippen LogP contribution in [0.3, 0.4) is 0 Å². The number of methoxy groups -OCH3 is 1. The molecule has 2 saturated heterocycles. The van der Waals surface area contributed by atoms with Gasteiger partial charge in [-0.3, -0.25) is 0 Å². The van der Waals surface area contributed by atoms with E-state index in [2.05, 4.69) is 20.0 Å². The van der Waals surface area contributed by atoms with Gasteiger partial charge in [-0.15, -0.1) is 11.3 Å². The molecule has 2 aliphatic heterocycles. The Morgan fingerprint density at radius 3 is 3.04 bits per heavy atom. The standard InChI is InChI=1S/C17H19N3O5S/c1-22-14(21)9-23-12-8-25-15-11(7-24-16(12)15)20-17-18-5-4-10(19-17)13-3-2-6-26-13/h2-6,11-12,15-16H,7-9H2,1H3,(H,18,19,20)/t11-,12-,15-,16+/m0/s1. The Hall–Kier alpha value is -2.07. The van der Waals surface area contributed by atoms with Crippen molar-refractivity contribution in [3.63, 3.8) is 0 Å². The van der Waals surface area contributed by atoms with Crippen molar-refractivity contribution in [2.45, 2.75) is 24.4 Å². The Morgan fingerprint density at radius 1 is 1.35 bits per heavy atom. The second kappa shape index (κ2) is 7.67. The monoisotopic (exact) mass is 377 g/mol. The van der Waals surface area contributed by atoms with E-state index in [-0.39, 0.29) is 31.0 Å². The summed E-state index contributed by atoms with van der Waals surface area (Å²) in [5.41, 5.74) is 0.875. The largest absolute Gasteiger partial charge is 0.467 e. The number of ether oxygens (including phenoxy) is 4. The predicted molar refractivity (Wildman–Crippen MR) is 94.0 cm³/mol. The summed E-state index contributed by atoms with van der Waals surface area (Å²) >= 11 is 1.63. The van der Waals surface area contributed by atoms with Crippen molar-refractivity contribution < 1.29 is 23.7 Å². The highest BCUT2D eigenvalue weighted by molar-refractivity contribution is 7.13. The van der Waals surface area contributed by atoms with E-state index in [4.69, 9.17) is 14.2 Å². The fourth-order valence-electron chi connectivity index (χ4n) is 3.12. The summed E-state index contributed by atoms with van der Waals surface area (Å²) in [5.74, 6) is 0.118. The van der Waals surface area contributed by atoms with Crippen LogP contribution in [0.5, 0.6) is 0 Å². The summed E-state index contributed by atoms with van der Waals surface area (Å²) in [6, 6.07) is 5.82. The van der Waals surface area contributed by atoms with Gasteiger partial charge in [0, 0.05) is 6.20 Å². The minimum Gasteiger partial charge on any atom is -0.467 e. The van der Waals surface area contributed by atoms with Crippen LogP contribution >= 0.6 is 11.3 Å². The van der Waals surface area contributed by atoms with Crippen molar-refractivity contribution in [1.82, 2.24) is 9.97 Å². The van der Waals surface area contributed by atoms with Crippen LogP contribution in [-0.4, -0.2) is 67.2 Å². The second-order valence-corrected chi connectivity index (χ2v) is 6.96. The molecule has 4 rings (SSSR count). The quantitative estimate of drug-likeness (QED) is 0.754. The Morgan fingerprint density at radius 2 is 2.23 bits per heavy atom. The average Bonchev–Trinajstić information content (AvgIpc) is 3.39. The first-order valence-corrected chi connectivity index (χ1v) is 9.17. The Bertz CT molecular complexity index is 757. The maximum absolute atomic E-state index is 11.2. The lowest BCUT2D eigenvalue weighted by Crippen LogP contribution is -2.37. The Kier molecular flexibility index (Phi) is 5.11. The van der Waals surface area contributed by atoms with Crippen molar-refractivity contribution >= 4 is 23.3 Å². The van der Waals surface area contributed by atoms with E-state index in [1.165, 1.54) is 7.11 Å². The van der Waals surface area contributed by atoms with Gasteiger partial charge in [0.05, 0.1) is 36.9 Å². The first-order valence-electron chi connectivity index (χ1n) is 8.29. The molecule has 0 amide bonds. The molecule has 4 atom stereocenters. The third-order valence-electron chi connectivity index (χ3n) is 4.39. The third kappa shape index (κ3) is 3.56. The van der Waals surface area contributed by atoms with Gasteiger partial charge < -0.3 is 24.3 Å². The lowest BCUT2D eigenvalue weighted by Gasteiger charge is -2.18. The number of aromatic nitrogens is 2. The number of nitrogens with zero attached hydrogens (tertiary/aromatic N) is 2.